The van der Waals surface area contributed by atoms with Gasteiger partial charge in [-0.05, 0) is 24.6 Å². The summed E-state index contributed by atoms with van der Waals surface area (Å²) in [6.45, 7) is 2.29. The van der Waals surface area contributed by atoms with Crippen molar-refractivity contribution in [1.82, 2.24) is 15.1 Å². The number of nitrogens with one attached hydrogen (secondary N) is 1. The summed E-state index contributed by atoms with van der Waals surface area (Å²) in [5.41, 5.74) is 4.17. The number of rotatable bonds is 6. The van der Waals surface area contributed by atoms with E-state index < -0.39 is 0 Å². The summed E-state index contributed by atoms with van der Waals surface area (Å²) >= 11 is 0. The van der Waals surface area contributed by atoms with Crippen LogP contribution in [-0.4, -0.2) is 29.9 Å². The van der Waals surface area contributed by atoms with Crippen LogP contribution in [0.25, 0.3) is 11.3 Å². The fraction of sp³-hybridized carbons (Fsp3) is 0.238. The molecule has 0 aliphatic heterocycles. The van der Waals surface area contributed by atoms with Gasteiger partial charge in [-0.25, -0.2) is 0 Å². The van der Waals surface area contributed by atoms with Crippen LogP contribution in [0.2, 0.25) is 0 Å². The number of nitrogens with zero attached hydrogens (tertiary/aromatic N) is 2. The van der Waals surface area contributed by atoms with Gasteiger partial charge in [0.2, 0.25) is 0 Å². The molecule has 0 bridgehead atoms. The van der Waals surface area contributed by atoms with Gasteiger partial charge in [0.05, 0.1) is 19.9 Å². The van der Waals surface area contributed by atoms with Crippen molar-refractivity contribution in [3.8, 4) is 22.8 Å². The Labute approximate surface area is 158 Å². The fourth-order valence-electron chi connectivity index (χ4n) is 3.10. The first-order valence-corrected chi connectivity index (χ1v) is 8.63. The Morgan fingerprint density at radius 3 is 2.44 bits per heavy atom. The second kappa shape index (κ2) is 7.95. The van der Waals surface area contributed by atoms with E-state index >= 15 is 0 Å². The second-order valence-electron chi connectivity index (χ2n) is 6.18. The van der Waals surface area contributed by atoms with Crippen LogP contribution in [0, 0.1) is 6.92 Å². The van der Waals surface area contributed by atoms with Crippen LogP contribution in [-0.2, 0) is 13.6 Å². The van der Waals surface area contributed by atoms with Crippen LogP contribution < -0.4 is 14.8 Å². The lowest BCUT2D eigenvalue weighted by Gasteiger charge is -2.10. The number of methoxy groups -OCH3 is 2. The van der Waals surface area contributed by atoms with E-state index in [-0.39, 0.29) is 5.91 Å². The Morgan fingerprint density at radius 2 is 1.78 bits per heavy atom. The molecule has 0 unspecified atom stereocenters. The second-order valence-corrected chi connectivity index (χ2v) is 6.18. The third kappa shape index (κ3) is 3.79. The Hall–Kier alpha value is -3.28. The number of aromatic nitrogens is 2. The lowest BCUT2D eigenvalue weighted by atomic mass is 10.1. The highest BCUT2D eigenvalue weighted by Crippen LogP contribution is 2.28. The largest absolute Gasteiger partial charge is 0.493 e. The van der Waals surface area contributed by atoms with Crippen molar-refractivity contribution in [2.24, 2.45) is 7.05 Å². The molecule has 2 aromatic carbocycles. The van der Waals surface area contributed by atoms with Gasteiger partial charge in [0, 0.05) is 24.7 Å². The Bertz CT molecular complexity index is 949. The third-order valence-electron chi connectivity index (χ3n) is 4.45. The van der Waals surface area contributed by atoms with Crippen LogP contribution in [0.5, 0.6) is 11.5 Å². The Balaban J connectivity index is 1.78. The van der Waals surface area contributed by atoms with Crippen LogP contribution >= 0.6 is 0 Å². The van der Waals surface area contributed by atoms with Gasteiger partial charge in [-0.1, -0.05) is 36.4 Å². The lowest BCUT2D eigenvalue weighted by Crippen LogP contribution is -2.24. The maximum atomic E-state index is 12.7. The molecule has 6 nitrogen and oxygen atoms in total. The summed E-state index contributed by atoms with van der Waals surface area (Å²) in [4.78, 5) is 12.7. The zero-order valence-electron chi connectivity index (χ0n) is 15.9. The van der Waals surface area contributed by atoms with Crippen molar-refractivity contribution < 1.29 is 14.3 Å². The van der Waals surface area contributed by atoms with Crippen molar-refractivity contribution in [3.05, 3.63) is 65.4 Å². The number of hydrogen-bond donors (Lipinski definition) is 1. The number of carbonyl (C=O) groups excluding carboxylic acids is 1. The minimum absolute atomic E-state index is 0.208. The molecule has 27 heavy (non-hydrogen) atoms. The number of amides is 1. The molecule has 0 fully saturated rings. The first-order chi connectivity index (χ1) is 13.0. The molecule has 0 saturated heterocycles. The normalized spacial score (nSPS) is 10.5. The smallest absolute Gasteiger partial charge is 0.272 e. The molecule has 1 N–H and O–H groups in total. The van der Waals surface area contributed by atoms with Gasteiger partial charge in [-0.2, -0.15) is 5.10 Å². The zero-order chi connectivity index (χ0) is 19.4. The molecule has 0 aliphatic carbocycles. The summed E-state index contributed by atoms with van der Waals surface area (Å²) in [6, 6.07) is 15.5. The van der Waals surface area contributed by atoms with E-state index in [1.54, 1.807) is 18.9 Å². The summed E-state index contributed by atoms with van der Waals surface area (Å²) in [5, 5.41) is 7.35. The molecule has 1 aromatic heterocycles. The number of benzene rings is 2. The summed E-state index contributed by atoms with van der Waals surface area (Å²) in [6.07, 6.45) is 0. The predicted octanol–water partition coefficient (Wildman–Crippen LogP) is 3.34. The Morgan fingerprint density at radius 1 is 1.07 bits per heavy atom. The van der Waals surface area contributed by atoms with E-state index in [0.29, 0.717) is 23.7 Å². The molecule has 140 valence electrons. The Kier molecular flexibility index (Phi) is 5.45. The molecular weight excluding hydrogens is 342 g/mol. The summed E-state index contributed by atoms with van der Waals surface area (Å²) < 4.78 is 12.3. The minimum Gasteiger partial charge on any atom is -0.493 e. The lowest BCUT2D eigenvalue weighted by molar-refractivity contribution is 0.0944. The number of ether oxygens (including phenoxy) is 2. The van der Waals surface area contributed by atoms with Gasteiger partial charge in [-0.15, -0.1) is 0 Å². The zero-order valence-corrected chi connectivity index (χ0v) is 15.9. The molecule has 6 heteroatoms. The average Bonchev–Trinajstić information content (AvgIpc) is 3.00. The van der Waals surface area contributed by atoms with Gasteiger partial charge < -0.3 is 14.8 Å². The topological polar surface area (TPSA) is 65.4 Å². The van der Waals surface area contributed by atoms with Crippen LogP contribution in [0.15, 0.2) is 48.5 Å². The van der Waals surface area contributed by atoms with Crippen LogP contribution in [0.1, 0.15) is 21.6 Å². The van der Waals surface area contributed by atoms with E-state index in [2.05, 4.69) is 10.4 Å². The van der Waals surface area contributed by atoms with E-state index in [1.807, 2.05) is 62.5 Å². The van der Waals surface area contributed by atoms with Gasteiger partial charge >= 0.3 is 0 Å². The highest BCUT2D eigenvalue weighted by atomic mass is 16.5. The molecule has 0 atom stereocenters. The SMILES string of the molecule is COc1ccc(CNC(=O)c2nn(C)c(-c3ccccc3)c2C)cc1OC. The quantitative estimate of drug-likeness (QED) is 0.728. The monoisotopic (exact) mass is 365 g/mol. The number of carbonyl (C=O) groups is 1. The fourth-order valence-corrected chi connectivity index (χ4v) is 3.10. The number of hydrogen-bond acceptors (Lipinski definition) is 4. The van der Waals surface area contributed by atoms with Crippen molar-refractivity contribution in [2.45, 2.75) is 13.5 Å². The van der Waals surface area contributed by atoms with E-state index in [9.17, 15) is 4.79 Å². The standard InChI is InChI=1S/C21H23N3O3/c1-14-19(23-24(2)20(14)16-8-6-5-7-9-16)21(25)22-13-15-10-11-17(26-3)18(12-15)27-4/h5-12H,13H2,1-4H3,(H,22,25). The summed E-state index contributed by atoms with van der Waals surface area (Å²) in [7, 11) is 5.02. The average molecular weight is 365 g/mol. The molecule has 1 amide bonds. The molecule has 0 spiro atoms. The first kappa shape index (κ1) is 18.5. The van der Waals surface area contributed by atoms with Gasteiger partial charge in [0.1, 0.15) is 0 Å². The number of aryl methyl sites for hydroxylation is 1. The van der Waals surface area contributed by atoms with E-state index in [1.165, 1.54) is 0 Å². The van der Waals surface area contributed by atoms with Gasteiger partial charge in [-0.3, -0.25) is 9.48 Å². The molecule has 3 rings (SSSR count). The maximum Gasteiger partial charge on any atom is 0.272 e. The minimum atomic E-state index is -0.208. The molecular formula is C21H23N3O3. The van der Waals surface area contributed by atoms with Crippen molar-refractivity contribution in [3.63, 3.8) is 0 Å². The van der Waals surface area contributed by atoms with E-state index in [0.717, 1.165) is 22.4 Å². The van der Waals surface area contributed by atoms with Crippen molar-refractivity contribution in [1.29, 1.82) is 0 Å². The third-order valence-corrected chi connectivity index (χ3v) is 4.45. The molecule has 1 heterocycles. The molecule has 3 aromatic rings. The molecule has 0 radical (unpaired) electrons. The van der Waals surface area contributed by atoms with E-state index in [4.69, 9.17) is 9.47 Å². The highest BCUT2D eigenvalue weighted by molar-refractivity contribution is 5.95. The molecule has 0 saturated carbocycles. The van der Waals surface area contributed by atoms with Crippen molar-refractivity contribution >= 4 is 5.91 Å². The first-order valence-electron chi connectivity index (χ1n) is 8.63. The highest BCUT2D eigenvalue weighted by Gasteiger charge is 2.19. The van der Waals surface area contributed by atoms with Crippen LogP contribution in [0.4, 0.5) is 0 Å². The predicted molar refractivity (Wildman–Crippen MR) is 104 cm³/mol. The van der Waals surface area contributed by atoms with Gasteiger partial charge in [0.15, 0.2) is 17.2 Å². The maximum absolute atomic E-state index is 12.7. The summed E-state index contributed by atoms with van der Waals surface area (Å²) in [5.74, 6) is 1.07. The molecule has 0 aliphatic rings. The van der Waals surface area contributed by atoms with Crippen LogP contribution in [0.3, 0.4) is 0 Å². The van der Waals surface area contributed by atoms with Crippen molar-refractivity contribution in [2.75, 3.05) is 14.2 Å². The van der Waals surface area contributed by atoms with Gasteiger partial charge in [0.25, 0.3) is 5.91 Å².